The Hall–Kier alpha value is -1.62. The van der Waals surface area contributed by atoms with E-state index < -0.39 is 5.82 Å². The highest BCUT2D eigenvalue weighted by molar-refractivity contribution is 5.94. The topological polar surface area (TPSA) is 43.8 Å². The number of aromatic hydroxyl groups is 1. The molecule has 0 saturated carbocycles. The number of amides is 1. The molecular formula is C14H19FN2O2. The Morgan fingerprint density at radius 1 is 1.42 bits per heavy atom. The van der Waals surface area contributed by atoms with Gasteiger partial charge in [-0.2, -0.15) is 0 Å². The number of nitrogens with zero attached hydrogens (tertiary/aromatic N) is 2. The van der Waals surface area contributed by atoms with Gasteiger partial charge in [-0.3, -0.25) is 4.79 Å². The summed E-state index contributed by atoms with van der Waals surface area (Å²) in [6.45, 7) is 1.89. The molecule has 4 nitrogen and oxygen atoms in total. The van der Waals surface area contributed by atoms with Crippen molar-refractivity contribution in [3.63, 3.8) is 0 Å². The smallest absolute Gasteiger partial charge is 0.256 e. The highest BCUT2D eigenvalue weighted by Gasteiger charge is 2.26. The van der Waals surface area contributed by atoms with Gasteiger partial charge in [0.15, 0.2) is 0 Å². The molecule has 1 amide bonds. The van der Waals surface area contributed by atoms with Crippen molar-refractivity contribution in [2.45, 2.75) is 18.9 Å². The lowest BCUT2D eigenvalue weighted by molar-refractivity contribution is 0.0655. The minimum absolute atomic E-state index is 0.0132. The van der Waals surface area contributed by atoms with E-state index in [1.807, 2.05) is 0 Å². The van der Waals surface area contributed by atoms with Crippen LogP contribution in [0.4, 0.5) is 4.39 Å². The Kier molecular flexibility index (Phi) is 4.04. The van der Waals surface area contributed by atoms with Crippen molar-refractivity contribution in [3.05, 3.63) is 29.6 Å². The average Bonchev–Trinajstić information content (AvgIpc) is 2.38. The molecule has 1 aliphatic rings. The van der Waals surface area contributed by atoms with Gasteiger partial charge in [0.05, 0.1) is 5.56 Å². The number of phenolic OH excluding ortho intramolecular Hbond substituents is 1. The SMILES string of the molecule is CN1CCC(N(C)C(=O)c2ccc(O)cc2F)CC1. The molecule has 1 aromatic carbocycles. The predicted molar refractivity (Wildman–Crippen MR) is 70.7 cm³/mol. The molecule has 2 rings (SSSR count). The number of likely N-dealkylation sites (tertiary alicyclic amines) is 1. The van der Waals surface area contributed by atoms with E-state index in [1.165, 1.54) is 12.1 Å². The number of hydrogen-bond donors (Lipinski definition) is 1. The summed E-state index contributed by atoms with van der Waals surface area (Å²) < 4.78 is 13.7. The van der Waals surface area contributed by atoms with Gasteiger partial charge in [-0.15, -0.1) is 0 Å². The molecule has 1 fully saturated rings. The summed E-state index contributed by atoms with van der Waals surface area (Å²) in [6, 6.07) is 3.78. The highest BCUT2D eigenvalue weighted by atomic mass is 19.1. The molecule has 1 aliphatic heterocycles. The van der Waals surface area contributed by atoms with Crippen molar-refractivity contribution in [2.24, 2.45) is 0 Å². The number of rotatable bonds is 2. The second kappa shape index (κ2) is 5.57. The lowest BCUT2D eigenvalue weighted by Gasteiger charge is -2.35. The minimum atomic E-state index is -0.676. The number of benzene rings is 1. The van der Waals surface area contributed by atoms with Crippen LogP contribution in [0.1, 0.15) is 23.2 Å². The van der Waals surface area contributed by atoms with E-state index in [1.54, 1.807) is 11.9 Å². The molecule has 5 heteroatoms. The second-order valence-corrected chi connectivity index (χ2v) is 5.11. The summed E-state index contributed by atoms with van der Waals surface area (Å²) in [5.41, 5.74) is 0.0132. The van der Waals surface area contributed by atoms with E-state index in [0.29, 0.717) is 0 Å². The molecule has 0 spiro atoms. The zero-order valence-corrected chi connectivity index (χ0v) is 11.3. The fraction of sp³-hybridized carbons (Fsp3) is 0.500. The fourth-order valence-corrected chi connectivity index (χ4v) is 2.42. The van der Waals surface area contributed by atoms with Gasteiger partial charge in [-0.25, -0.2) is 4.39 Å². The highest BCUT2D eigenvalue weighted by Crippen LogP contribution is 2.20. The summed E-state index contributed by atoms with van der Waals surface area (Å²) >= 11 is 0. The van der Waals surface area contributed by atoms with Crippen molar-refractivity contribution in [3.8, 4) is 5.75 Å². The van der Waals surface area contributed by atoms with Gasteiger partial charge in [0, 0.05) is 19.2 Å². The van der Waals surface area contributed by atoms with Crippen LogP contribution in [0, 0.1) is 5.82 Å². The Labute approximate surface area is 112 Å². The van der Waals surface area contributed by atoms with Crippen LogP contribution in [-0.4, -0.2) is 54.0 Å². The molecule has 1 saturated heterocycles. The van der Waals surface area contributed by atoms with Crippen molar-refractivity contribution in [2.75, 3.05) is 27.2 Å². The third-order valence-corrected chi connectivity index (χ3v) is 3.74. The molecule has 19 heavy (non-hydrogen) atoms. The first-order valence-electron chi connectivity index (χ1n) is 6.43. The van der Waals surface area contributed by atoms with E-state index in [4.69, 9.17) is 5.11 Å². The Bertz CT molecular complexity index is 471. The van der Waals surface area contributed by atoms with Crippen LogP contribution in [-0.2, 0) is 0 Å². The van der Waals surface area contributed by atoms with Crippen molar-refractivity contribution in [1.82, 2.24) is 9.80 Å². The van der Waals surface area contributed by atoms with E-state index in [0.717, 1.165) is 32.0 Å². The standard InChI is InChI=1S/C14H19FN2O2/c1-16-7-5-10(6-8-16)17(2)14(19)12-4-3-11(18)9-13(12)15/h3-4,9-10,18H,5-8H2,1-2H3. The largest absolute Gasteiger partial charge is 0.508 e. The molecule has 0 bridgehead atoms. The fourth-order valence-electron chi connectivity index (χ4n) is 2.42. The Morgan fingerprint density at radius 2 is 2.05 bits per heavy atom. The normalized spacial score (nSPS) is 17.4. The van der Waals surface area contributed by atoms with Crippen molar-refractivity contribution in [1.29, 1.82) is 0 Å². The van der Waals surface area contributed by atoms with Gasteiger partial charge in [0.1, 0.15) is 11.6 Å². The van der Waals surface area contributed by atoms with E-state index in [2.05, 4.69) is 11.9 Å². The third kappa shape index (κ3) is 3.04. The molecule has 0 radical (unpaired) electrons. The molecule has 0 aliphatic carbocycles. The number of carbonyl (C=O) groups excluding carboxylic acids is 1. The quantitative estimate of drug-likeness (QED) is 0.886. The van der Waals surface area contributed by atoms with Crippen LogP contribution in [0.5, 0.6) is 5.75 Å². The van der Waals surface area contributed by atoms with Crippen LogP contribution in [0.15, 0.2) is 18.2 Å². The monoisotopic (exact) mass is 266 g/mol. The van der Waals surface area contributed by atoms with E-state index in [9.17, 15) is 9.18 Å². The summed E-state index contributed by atoms with van der Waals surface area (Å²) in [5.74, 6) is -1.17. The number of phenols is 1. The summed E-state index contributed by atoms with van der Waals surface area (Å²) in [4.78, 5) is 16.1. The number of hydrogen-bond acceptors (Lipinski definition) is 3. The van der Waals surface area contributed by atoms with Crippen LogP contribution >= 0.6 is 0 Å². The van der Waals surface area contributed by atoms with Crippen molar-refractivity contribution < 1.29 is 14.3 Å². The van der Waals surface area contributed by atoms with Gasteiger partial charge >= 0.3 is 0 Å². The molecule has 1 N–H and O–H groups in total. The van der Waals surface area contributed by atoms with Gasteiger partial charge < -0.3 is 14.9 Å². The van der Waals surface area contributed by atoms with Crippen LogP contribution in [0.25, 0.3) is 0 Å². The minimum Gasteiger partial charge on any atom is -0.508 e. The summed E-state index contributed by atoms with van der Waals surface area (Å²) in [5, 5.41) is 9.17. The lowest BCUT2D eigenvalue weighted by Crippen LogP contribution is -2.44. The molecular weight excluding hydrogens is 247 g/mol. The average molecular weight is 266 g/mol. The maximum atomic E-state index is 13.7. The van der Waals surface area contributed by atoms with E-state index in [-0.39, 0.29) is 23.3 Å². The maximum absolute atomic E-state index is 13.7. The molecule has 1 heterocycles. The van der Waals surface area contributed by atoms with Crippen LogP contribution < -0.4 is 0 Å². The van der Waals surface area contributed by atoms with E-state index >= 15 is 0 Å². The molecule has 104 valence electrons. The predicted octanol–water partition coefficient (Wildman–Crippen LogP) is 1.70. The van der Waals surface area contributed by atoms with Gasteiger partial charge in [0.25, 0.3) is 5.91 Å². The van der Waals surface area contributed by atoms with Gasteiger partial charge in [0.2, 0.25) is 0 Å². The Balaban J connectivity index is 2.10. The number of halogens is 1. The first kappa shape index (κ1) is 13.8. The summed E-state index contributed by atoms with van der Waals surface area (Å²) in [6.07, 6.45) is 1.80. The Morgan fingerprint density at radius 3 is 2.63 bits per heavy atom. The maximum Gasteiger partial charge on any atom is 0.256 e. The zero-order valence-electron chi connectivity index (χ0n) is 11.3. The molecule has 0 unspecified atom stereocenters. The lowest BCUT2D eigenvalue weighted by atomic mass is 10.0. The zero-order chi connectivity index (χ0) is 14.0. The number of carbonyl (C=O) groups is 1. The third-order valence-electron chi connectivity index (χ3n) is 3.74. The molecule has 1 aromatic rings. The van der Waals surface area contributed by atoms with Crippen LogP contribution in [0.3, 0.4) is 0 Å². The molecule has 0 aromatic heterocycles. The second-order valence-electron chi connectivity index (χ2n) is 5.11. The number of piperidine rings is 1. The molecule has 0 atom stereocenters. The summed E-state index contributed by atoms with van der Waals surface area (Å²) in [7, 11) is 3.77. The first-order valence-corrected chi connectivity index (χ1v) is 6.43. The van der Waals surface area contributed by atoms with Crippen molar-refractivity contribution >= 4 is 5.91 Å². The van der Waals surface area contributed by atoms with Crippen LogP contribution in [0.2, 0.25) is 0 Å². The first-order chi connectivity index (χ1) is 8.99. The van der Waals surface area contributed by atoms with Gasteiger partial charge in [-0.1, -0.05) is 0 Å². The van der Waals surface area contributed by atoms with Gasteiger partial charge in [-0.05, 0) is 45.1 Å².